The van der Waals surface area contributed by atoms with Crippen molar-refractivity contribution in [2.24, 2.45) is 7.05 Å². The Bertz CT molecular complexity index is 604. The van der Waals surface area contributed by atoms with E-state index in [9.17, 15) is 4.79 Å². The first-order valence-electron chi connectivity index (χ1n) is 5.46. The van der Waals surface area contributed by atoms with E-state index in [1.54, 1.807) is 36.0 Å². The van der Waals surface area contributed by atoms with Gasteiger partial charge in [-0.05, 0) is 30.7 Å². The molecule has 1 aromatic carbocycles. The van der Waals surface area contributed by atoms with E-state index < -0.39 is 0 Å². The van der Waals surface area contributed by atoms with Gasteiger partial charge < -0.3 is 15.6 Å². The predicted molar refractivity (Wildman–Crippen MR) is 74.0 cm³/mol. The van der Waals surface area contributed by atoms with Crippen molar-refractivity contribution in [3.63, 3.8) is 0 Å². The quantitative estimate of drug-likeness (QED) is 0.875. The van der Waals surface area contributed by atoms with Gasteiger partial charge in [0.25, 0.3) is 5.91 Å². The Hall–Kier alpha value is -1.94. The molecule has 18 heavy (non-hydrogen) atoms. The summed E-state index contributed by atoms with van der Waals surface area (Å²) >= 11 is 6.06. The van der Waals surface area contributed by atoms with Crippen LogP contribution in [0.15, 0.2) is 30.5 Å². The Labute approximate surface area is 110 Å². The maximum absolute atomic E-state index is 12.0. The minimum atomic E-state index is -0.236. The summed E-state index contributed by atoms with van der Waals surface area (Å²) in [5.74, 6) is -0.236. The molecule has 94 valence electrons. The molecular formula is C13H14ClN3O. The summed E-state index contributed by atoms with van der Waals surface area (Å²) in [6, 6.07) is 7.09. The van der Waals surface area contributed by atoms with Crippen molar-refractivity contribution in [1.82, 2.24) is 4.57 Å². The fourth-order valence-electron chi connectivity index (χ4n) is 1.72. The molecule has 0 aliphatic rings. The first kappa shape index (κ1) is 12.5. The molecule has 0 fully saturated rings. The summed E-state index contributed by atoms with van der Waals surface area (Å²) in [6.07, 6.45) is 1.69. The molecule has 4 nitrogen and oxygen atoms in total. The number of nitrogens with two attached hydrogens (primary N) is 1. The van der Waals surface area contributed by atoms with Gasteiger partial charge in [-0.15, -0.1) is 0 Å². The second-order valence-electron chi connectivity index (χ2n) is 4.21. The van der Waals surface area contributed by atoms with Crippen molar-refractivity contribution < 1.29 is 4.79 Å². The van der Waals surface area contributed by atoms with Gasteiger partial charge in [0.2, 0.25) is 0 Å². The Morgan fingerprint density at radius 1 is 1.39 bits per heavy atom. The first-order valence-corrected chi connectivity index (χ1v) is 5.84. The fourth-order valence-corrected chi connectivity index (χ4v) is 2.01. The van der Waals surface area contributed by atoms with E-state index >= 15 is 0 Å². The number of anilines is 2. The number of amides is 1. The monoisotopic (exact) mass is 263 g/mol. The topological polar surface area (TPSA) is 60.1 Å². The van der Waals surface area contributed by atoms with Crippen molar-refractivity contribution >= 4 is 28.9 Å². The second-order valence-corrected chi connectivity index (χ2v) is 4.61. The van der Waals surface area contributed by atoms with Crippen molar-refractivity contribution in [2.45, 2.75) is 6.92 Å². The zero-order valence-corrected chi connectivity index (χ0v) is 11.0. The van der Waals surface area contributed by atoms with Crippen LogP contribution in [-0.2, 0) is 7.05 Å². The lowest BCUT2D eigenvalue weighted by molar-refractivity contribution is 0.101. The highest BCUT2D eigenvalue weighted by Crippen LogP contribution is 2.23. The standard InChI is InChI=1S/C13H14ClN3O/c1-8-3-4-11(10(14)5-8)16-13(18)12-6-9(15)7-17(12)2/h3-7H,15H2,1-2H3,(H,16,18). The smallest absolute Gasteiger partial charge is 0.272 e. The van der Waals surface area contributed by atoms with E-state index in [-0.39, 0.29) is 5.91 Å². The minimum Gasteiger partial charge on any atom is -0.397 e. The van der Waals surface area contributed by atoms with E-state index in [0.717, 1.165) is 5.56 Å². The average molecular weight is 264 g/mol. The van der Waals surface area contributed by atoms with Gasteiger partial charge in [0, 0.05) is 13.2 Å². The minimum absolute atomic E-state index is 0.236. The van der Waals surface area contributed by atoms with Crippen molar-refractivity contribution in [3.8, 4) is 0 Å². The van der Waals surface area contributed by atoms with Gasteiger partial charge in [0.15, 0.2) is 0 Å². The largest absolute Gasteiger partial charge is 0.397 e. The number of nitrogens with one attached hydrogen (secondary N) is 1. The summed E-state index contributed by atoms with van der Waals surface area (Å²) in [5.41, 5.74) is 8.31. The SMILES string of the molecule is Cc1ccc(NC(=O)c2cc(N)cn2C)c(Cl)c1. The maximum Gasteiger partial charge on any atom is 0.272 e. The Morgan fingerprint density at radius 2 is 2.11 bits per heavy atom. The molecule has 0 unspecified atom stereocenters. The van der Waals surface area contributed by atoms with Gasteiger partial charge in [-0.25, -0.2) is 0 Å². The molecule has 0 saturated heterocycles. The third-order valence-electron chi connectivity index (χ3n) is 2.63. The molecule has 0 spiro atoms. The molecule has 1 aromatic heterocycles. The molecule has 0 bridgehead atoms. The first-order chi connectivity index (χ1) is 8.47. The summed E-state index contributed by atoms with van der Waals surface area (Å²) in [7, 11) is 1.77. The zero-order chi connectivity index (χ0) is 13.3. The normalized spacial score (nSPS) is 10.4. The zero-order valence-electron chi connectivity index (χ0n) is 10.2. The molecule has 3 N–H and O–H groups in total. The highest BCUT2D eigenvalue weighted by molar-refractivity contribution is 6.34. The molecule has 0 aliphatic heterocycles. The summed E-state index contributed by atoms with van der Waals surface area (Å²) in [4.78, 5) is 12.0. The number of rotatable bonds is 2. The van der Waals surface area contributed by atoms with Crippen LogP contribution in [0.5, 0.6) is 0 Å². The van der Waals surface area contributed by atoms with E-state index in [1.807, 2.05) is 13.0 Å². The van der Waals surface area contributed by atoms with Crippen LogP contribution in [0.25, 0.3) is 0 Å². The highest BCUT2D eigenvalue weighted by atomic mass is 35.5. The molecule has 2 aromatic rings. The molecule has 0 saturated carbocycles. The molecule has 5 heteroatoms. The molecule has 0 aliphatic carbocycles. The van der Waals surface area contributed by atoms with E-state index in [2.05, 4.69) is 5.32 Å². The average Bonchev–Trinajstić information content (AvgIpc) is 2.62. The number of carbonyl (C=O) groups excluding carboxylic acids is 1. The molecular weight excluding hydrogens is 250 g/mol. The van der Waals surface area contributed by atoms with Crippen molar-refractivity contribution in [3.05, 3.63) is 46.7 Å². The lowest BCUT2D eigenvalue weighted by Crippen LogP contribution is -2.15. The number of hydrogen-bond acceptors (Lipinski definition) is 2. The molecule has 0 atom stereocenters. The molecule has 1 heterocycles. The van der Waals surface area contributed by atoms with Gasteiger partial charge in [-0.2, -0.15) is 0 Å². The Morgan fingerprint density at radius 3 is 2.67 bits per heavy atom. The van der Waals surface area contributed by atoms with E-state index in [4.69, 9.17) is 17.3 Å². The predicted octanol–water partition coefficient (Wildman–Crippen LogP) is 2.82. The van der Waals surface area contributed by atoms with Gasteiger partial charge in [-0.3, -0.25) is 4.79 Å². The third kappa shape index (κ3) is 2.49. The van der Waals surface area contributed by atoms with Gasteiger partial charge >= 0.3 is 0 Å². The third-order valence-corrected chi connectivity index (χ3v) is 2.94. The lowest BCUT2D eigenvalue weighted by atomic mass is 10.2. The number of aromatic nitrogens is 1. The van der Waals surface area contributed by atoms with E-state index in [1.165, 1.54) is 0 Å². The van der Waals surface area contributed by atoms with Gasteiger partial charge in [0.05, 0.1) is 16.4 Å². The number of carbonyl (C=O) groups is 1. The fraction of sp³-hybridized carbons (Fsp3) is 0.154. The van der Waals surface area contributed by atoms with Crippen LogP contribution in [0.3, 0.4) is 0 Å². The van der Waals surface area contributed by atoms with Crippen LogP contribution < -0.4 is 11.1 Å². The van der Waals surface area contributed by atoms with Crippen molar-refractivity contribution in [2.75, 3.05) is 11.1 Å². The van der Waals surface area contributed by atoms with E-state index in [0.29, 0.717) is 22.1 Å². The number of halogens is 1. The van der Waals surface area contributed by atoms with Gasteiger partial charge in [-0.1, -0.05) is 17.7 Å². The molecule has 2 rings (SSSR count). The number of aryl methyl sites for hydroxylation is 2. The highest BCUT2D eigenvalue weighted by Gasteiger charge is 2.12. The molecule has 0 radical (unpaired) electrons. The van der Waals surface area contributed by atoms with Crippen LogP contribution in [-0.4, -0.2) is 10.5 Å². The van der Waals surface area contributed by atoms with Crippen LogP contribution in [0.1, 0.15) is 16.1 Å². The number of hydrogen-bond donors (Lipinski definition) is 2. The number of nitrogen functional groups attached to an aromatic ring is 1. The summed E-state index contributed by atoms with van der Waals surface area (Å²) in [5, 5.41) is 3.28. The van der Waals surface area contributed by atoms with Crippen LogP contribution in [0.4, 0.5) is 11.4 Å². The summed E-state index contributed by atoms with van der Waals surface area (Å²) < 4.78 is 1.67. The molecule has 1 amide bonds. The Kier molecular flexibility index (Phi) is 3.30. The number of nitrogens with zero attached hydrogens (tertiary/aromatic N) is 1. The second kappa shape index (κ2) is 4.74. The maximum atomic E-state index is 12.0. The van der Waals surface area contributed by atoms with Crippen LogP contribution in [0.2, 0.25) is 5.02 Å². The Balaban J connectivity index is 2.24. The van der Waals surface area contributed by atoms with Crippen LogP contribution >= 0.6 is 11.6 Å². The van der Waals surface area contributed by atoms with Gasteiger partial charge in [0.1, 0.15) is 5.69 Å². The number of benzene rings is 1. The summed E-state index contributed by atoms with van der Waals surface area (Å²) in [6.45, 7) is 1.94. The van der Waals surface area contributed by atoms with Crippen molar-refractivity contribution in [1.29, 1.82) is 0 Å². The lowest BCUT2D eigenvalue weighted by Gasteiger charge is -2.08. The van der Waals surface area contributed by atoms with Crippen LogP contribution in [0, 0.1) is 6.92 Å².